The fourth-order valence-corrected chi connectivity index (χ4v) is 2.28. The number of para-hydroxylation sites is 2. The summed E-state index contributed by atoms with van der Waals surface area (Å²) in [6.07, 6.45) is 1.71. The average Bonchev–Trinajstić information content (AvgIpc) is 2.79. The van der Waals surface area contributed by atoms with E-state index in [9.17, 15) is 4.79 Å². The first-order valence-corrected chi connectivity index (χ1v) is 7.44. The van der Waals surface area contributed by atoms with Crippen molar-refractivity contribution < 1.29 is 4.79 Å². The van der Waals surface area contributed by atoms with Crippen LogP contribution in [0.15, 0.2) is 24.3 Å². The Hall–Kier alpha value is -1.30. The molecule has 1 amide bonds. The van der Waals surface area contributed by atoms with Crippen LogP contribution in [0.1, 0.15) is 26.1 Å². The molecule has 2 aromatic rings. The van der Waals surface area contributed by atoms with Crippen molar-refractivity contribution >= 4 is 41.8 Å². The summed E-state index contributed by atoms with van der Waals surface area (Å²) in [6.45, 7) is 4.36. The fraction of sp³-hybridized carbons (Fsp3) is 0.500. The van der Waals surface area contributed by atoms with Crippen LogP contribution in [0.3, 0.4) is 0 Å². The Labute approximate surface area is 149 Å². The van der Waals surface area contributed by atoms with Crippen molar-refractivity contribution in [3.05, 3.63) is 30.1 Å². The summed E-state index contributed by atoms with van der Waals surface area (Å²) in [6, 6.07) is 7.98. The predicted octanol–water partition coefficient (Wildman–Crippen LogP) is 2.45. The quantitative estimate of drug-likeness (QED) is 0.777. The zero-order valence-corrected chi connectivity index (χ0v) is 15.4. The number of nitrogens with zero attached hydrogens (tertiary/aromatic N) is 2. The zero-order valence-electron chi connectivity index (χ0n) is 13.8. The van der Waals surface area contributed by atoms with Crippen LogP contribution in [-0.2, 0) is 18.3 Å². The number of aryl methyl sites for hydroxylation is 2. The number of halogens is 2. The summed E-state index contributed by atoms with van der Waals surface area (Å²) in [5.41, 5.74) is 7.88. The van der Waals surface area contributed by atoms with Gasteiger partial charge in [-0.1, -0.05) is 19.1 Å². The highest BCUT2D eigenvalue weighted by Crippen LogP contribution is 2.15. The van der Waals surface area contributed by atoms with Gasteiger partial charge in [0.25, 0.3) is 0 Å². The van der Waals surface area contributed by atoms with E-state index in [0.29, 0.717) is 6.54 Å². The van der Waals surface area contributed by atoms with Crippen LogP contribution in [0.5, 0.6) is 0 Å². The third-order valence-corrected chi connectivity index (χ3v) is 3.96. The molecule has 1 aromatic carbocycles. The fourth-order valence-electron chi connectivity index (χ4n) is 2.28. The minimum Gasteiger partial charge on any atom is -0.356 e. The molecule has 0 saturated heterocycles. The number of fused-ring (bicyclic) bond motifs is 1. The van der Waals surface area contributed by atoms with Gasteiger partial charge in [0.15, 0.2) is 0 Å². The molecule has 0 saturated carbocycles. The largest absolute Gasteiger partial charge is 0.356 e. The Morgan fingerprint density at radius 3 is 2.57 bits per heavy atom. The third kappa shape index (κ3) is 5.37. The van der Waals surface area contributed by atoms with Crippen LogP contribution in [-0.4, -0.2) is 28.0 Å². The second kappa shape index (κ2) is 9.75. The molecule has 2 rings (SSSR count). The highest BCUT2D eigenvalue weighted by atomic mass is 35.5. The van der Waals surface area contributed by atoms with E-state index in [1.807, 2.05) is 39.1 Å². The van der Waals surface area contributed by atoms with Crippen LogP contribution in [0.2, 0.25) is 0 Å². The molecule has 0 aliphatic carbocycles. The Balaban J connectivity index is 0.00000242. The number of benzene rings is 1. The topological polar surface area (TPSA) is 72.9 Å². The Morgan fingerprint density at radius 1 is 1.30 bits per heavy atom. The number of amides is 1. The van der Waals surface area contributed by atoms with Crippen molar-refractivity contribution in [2.24, 2.45) is 18.7 Å². The average molecular weight is 361 g/mol. The van der Waals surface area contributed by atoms with E-state index in [0.717, 1.165) is 29.7 Å². The van der Waals surface area contributed by atoms with Crippen LogP contribution >= 0.6 is 24.8 Å². The van der Waals surface area contributed by atoms with Gasteiger partial charge in [-0.15, -0.1) is 24.8 Å². The first-order chi connectivity index (χ1) is 10.0. The van der Waals surface area contributed by atoms with Gasteiger partial charge in [0.2, 0.25) is 5.91 Å². The van der Waals surface area contributed by atoms with E-state index in [-0.39, 0.29) is 42.7 Å². The summed E-state index contributed by atoms with van der Waals surface area (Å²) < 4.78 is 2.11. The number of imidazole rings is 1. The lowest BCUT2D eigenvalue weighted by molar-refractivity contribution is -0.124. The van der Waals surface area contributed by atoms with E-state index in [1.165, 1.54) is 0 Å². The number of hydrogen-bond donors (Lipinski definition) is 2. The maximum absolute atomic E-state index is 11.8. The molecule has 0 aliphatic rings. The zero-order chi connectivity index (χ0) is 15.4. The molecule has 2 unspecified atom stereocenters. The normalized spacial score (nSPS) is 12.9. The highest BCUT2D eigenvalue weighted by molar-refractivity contribution is 5.85. The van der Waals surface area contributed by atoms with E-state index < -0.39 is 0 Å². The van der Waals surface area contributed by atoms with E-state index in [4.69, 9.17) is 5.73 Å². The number of carbonyl (C=O) groups excluding carboxylic acids is 1. The van der Waals surface area contributed by atoms with Gasteiger partial charge in [0, 0.05) is 32.0 Å². The standard InChI is InChI=1S/C16H24N4O.2ClH/c1-11(12(2)17)16(21)18-10-6-9-15-19-13-7-4-5-8-14(13)20(15)3;;/h4-5,7-8,11-12H,6,9-10,17H2,1-3H3,(H,18,21);2*1H. The minimum absolute atomic E-state index is 0. The lowest BCUT2D eigenvalue weighted by Gasteiger charge is -2.15. The molecule has 0 fully saturated rings. The first kappa shape index (κ1) is 21.7. The van der Waals surface area contributed by atoms with E-state index >= 15 is 0 Å². The van der Waals surface area contributed by atoms with Gasteiger partial charge in [-0.05, 0) is 25.5 Å². The smallest absolute Gasteiger partial charge is 0.224 e. The molecule has 3 N–H and O–H groups in total. The van der Waals surface area contributed by atoms with Crippen molar-refractivity contribution in [1.29, 1.82) is 0 Å². The molecule has 0 radical (unpaired) electrons. The highest BCUT2D eigenvalue weighted by Gasteiger charge is 2.16. The molecule has 0 aliphatic heterocycles. The molecule has 7 heteroatoms. The van der Waals surface area contributed by atoms with E-state index in [2.05, 4.69) is 20.9 Å². The van der Waals surface area contributed by atoms with Crippen LogP contribution in [0, 0.1) is 5.92 Å². The maximum atomic E-state index is 11.8. The number of aromatic nitrogens is 2. The molecule has 130 valence electrons. The van der Waals surface area contributed by atoms with E-state index in [1.54, 1.807) is 0 Å². The van der Waals surface area contributed by atoms with Crippen molar-refractivity contribution in [2.45, 2.75) is 32.7 Å². The summed E-state index contributed by atoms with van der Waals surface area (Å²) in [5.74, 6) is 0.918. The van der Waals surface area contributed by atoms with Gasteiger partial charge < -0.3 is 15.6 Å². The van der Waals surface area contributed by atoms with Crippen LogP contribution in [0.4, 0.5) is 0 Å². The second-order valence-corrected chi connectivity index (χ2v) is 5.62. The van der Waals surface area contributed by atoms with Gasteiger partial charge >= 0.3 is 0 Å². The summed E-state index contributed by atoms with van der Waals surface area (Å²) >= 11 is 0. The van der Waals surface area contributed by atoms with Gasteiger partial charge in [-0.2, -0.15) is 0 Å². The summed E-state index contributed by atoms with van der Waals surface area (Å²) in [7, 11) is 2.03. The predicted molar refractivity (Wildman–Crippen MR) is 99.4 cm³/mol. The lowest BCUT2D eigenvalue weighted by Crippen LogP contribution is -2.39. The Morgan fingerprint density at radius 2 is 1.96 bits per heavy atom. The van der Waals surface area contributed by atoms with Gasteiger partial charge in [0.1, 0.15) is 5.82 Å². The minimum atomic E-state index is -0.152. The lowest BCUT2D eigenvalue weighted by atomic mass is 10.0. The Bertz CT molecular complexity index is 628. The van der Waals surface area contributed by atoms with Gasteiger partial charge in [-0.3, -0.25) is 4.79 Å². The molecule has 1 heterocycles. The van der Waals surface area contributed by atoms with Crippen molar-refractivity contribution in [2.75, 3.05) is 6.54 Å². The summed E-state index contributed by atoms with van der Waals surface area (Å²) in [5, 5.41) is 2.93. The monoisotopic (exact) mass is 360 g/mol. The number of carbonyl (C=O) groups is 1. The molecular formula is C16H26Cl2N4O. The number of rotatable bonds is 6. The van der Waals surface area contributed by atoms with Crippen molar-refractivity contribution in [3.63, 3.8) is 0 Å². The second-order valence-electron chi connectivity index (χ2n) is 5.62. The molecular weight excluding hydrogens is 335 g/mol. The van der Waals surface area contributed by atoms with Crippen molar-refractivity contribution in [1.82, 2.24) is 14.9 Å². The molecule has 23 heavy (non-hydrogen) atoms. The molecule has 0 spiro atoms. The van der Waals surface area contributed by atoms with Gasteiger partial charge in [0.05, 0.1) is 11.0 Å². The molecule has 2 atom stereocenters. The van der Waals surface area contributed by atoms with Crippen molar-refractivity contribution in [3.8, 4) is 0 Å². The number of nitrogens with one attached hydrogen (secondary N) is 1. The number of hydrogen-bond acceptors (Lipinski definition) is 3. The van der Waals surface area contributed by atoms with Crippen LogP contribution < -0.4 is 11.1 Å². The maximum Gasteiger partial charge on any atom is 0.224 e. The SMILES string of the molecule is CC(N)C(C)C(=O)NCCCc1nc2ccccc2n1C.Cl.Cl. The molecule has 5 nitrogen and oxygen atoms in total. The third-order valence-electron chi connectivity index (χ3n) is 3.96. The number of nitrogens with two attached hydrogens (primary N) is 1. The molecule has 1 aromatic heterocycles. The Kier molecular flexibility index (Phi) is 9.20. The molecule has 0 bridgehead atoms. The van der Waals surface area contributed by atoms with Crippen LogP contribution in [0.25, 0.3) is 11.0 Å². The first-order valence-electron chi connectivity index (χ1n) is 7.44. The van der Waals surface area contributed by atoms with Gasteiger partial charge in [-0.25, -0.2) is 4.98 Å². The summed E-state index contributed by atoms with van der Waals surface area (Å²) in [4.78, 5) is 16.4.